The zero-order valence-corrected chi connectivity index (χ0v) is 49.1. The van der Waals surface area contributed by atoms with Crippen molar-refractivity contribution in [2.45, 2.75) is 6.16 Å². The van der Waals surface area contributed by atoms with E-state index in [0.717, 1.165) is 39.3 Å². The van der Waals surface area contributed by atoms with Crippen LogP contribution in [0.2, 0.25) is 0 Å². The van der Waals surface area contributed by atoms with Crippen LogP contribution < -0.4 is 32.9 Å². The van der Waals surface area contributed by atoms with Crippen LogP contribution in [-0.2, 0) is 6.16 Å². The first-order chi connectivity index (χ1) is 33.1. The number of aldehydes is 1. The van der Waals surface area contributed by atoms with Gasteiger partial charge in [-0.2, -0.15) is 0 Å². The van der Waals surface area contributed by atoms with Crippen LogP contribution in [0.3, 0.4) is 0 Å². The average Bonchev–Trinajstić information content (AvgIpc) is 3.38. The molecule has 0 saturated heterocycles. The van der Waals surface area contributed by atoms with Crippen molar-refractivity contribution < 1.29 is 21.8 Å². The summed E-state index contributed by atoms with van der Waals surface area (Å²) in [6, 6.07) is 82.1. The number of halogens is 7. The summed E-state index contributed by atoms with van der Waals surface area (Å²) in [7, 11) is -1.81. The number of benzene rings is 9. The predicted octanol–water partition coefficient (Wildman–Crippen LogP) is 16.0. The van der Waals surface area contributed by atoms with Gasteiger partial charge in [0, 0.05) is 32.4 Å². The molecule has 0 atom stereocenters. The van der Waals surface area contributed by atoms with Gasteiger partial charge in [0.1, 0.15) is 29.5 Å². The Labute approximate surface area is 469 Å². The Bertz CT molecular complexity index is 2640. The molecule has 0 amide bonds. The molecule has 0 unspecified atom stereocenters. The number of hydrogen-bond donors (Lipinski definition) is 0. The molecular weight excluding hydrogens is 1330 g/mol. The molecule has 0 aliphatic carbocycles. The predicted molar refractivity (Wildman–Crippen MR) is 317 cm³/mol. The Kier molecular flexibility index (Phi) is 24.2. The SMILES string of the molecule is Brc1ccc(/C=C/c2ccc(Br)cc2)cc1.Brc1ccc(/C=C\c2ccc(Br)cc2)cc1.Brc1ccc(C[P+](c2ccccc2)(c2ccccc2)c2ccccc2)cc1.O=Cc1ccc(Br)cc1.[Br-]. The lowest BCUT2D eigenvalue weighted by atomic mass is 10.1. The van der Waals surface area contributed by atoms with Crippen LogP contribution in [0.4, 0.5) is 0 Å². The Morgan fingerprint density at radius 3 is 0.739 bits per heavy atom. The Morgan fingerprint density at radius 1 is 0.290 bits per heavy atom. The molecule has 0 aliphatic rings. The van der Waals surface area contributed by atoms with E-state index in [1.165, 1.54) is 43.7 Å². The van der Waals surface area contributed by atoms with E-state index < -0.39 is 7.26 Å². The smallest absolute Gasteiger partial charge is 0.150 e. The third-order valence-electron chi connectivity index (χ3n) is 10.3. The fraction of sp³-hybridized carbons (Fsp3) is 0.0167. The zero-order chi connectivity index (χ0) is 48.0. The van der Waals surface area contributed by atoms with Crippen LogP contribution in [0.25, 0.3) is 24.3 Å². The fourth-order valence-corrected chi connectivity index (χ4v) is 12.7. The summed E-state index contributed by atoms with van der Waals surface area (Å²) in [6.07, 6.45) is 10.3. The van der Waals surface area contributed by atoms with Gasteiger partial charge in [0.05, 0.1) is 6.16 Å². The van der Waals surface area contributed by atoms with Gasteiger partial charge in [-0.05, 0) is 137 Å². The van der Waals surface area contributed by atoms with E-state index in [1.54, 1.807) is 12.1 Å². The maximum atomic E-state index is 10.1. The van der Waals surface area contributed by atoms with Gasteiger partial charge in [0.2, 0.25) is 0 Å². The highest BCUT2D eigenvalue weighted by Crippen LogP contribution is 2.58. The Balaban J connectivity index is 0.000000183. The first-order valence-corrected chi connectivity index (χ1v) is 28.2. The normalized spacial score (nSPS) is 10.6. The lowest BCUT2D eigenvalue weighted by Crippen LogP contribution is -3.00. The molecule has 0 aromatic heterocycles. The molecule has 0 fully saturated rings. The van der Waals surface area contributed by atoms with E-state index in [1.807, 2.05) is 60.7 Å². The summed E-state index contributed by atoms with van der Waals surface area (Å²) >= 11 is 20.5. The monoisotopic (exact) mass is 1370 g/mol. The van der Waals surface area contributed by atoms with Crippen molar-refractivity contribution in [2.24, 2.45) is 0 Å². The van der Waals surface area contributed by atoms with Crippen LogP contribution in [-0.4, -0.2) is 6.29 Å². The maximum Gasteiger partial charge on any atom is 0.150 e. The van der Waals surface area contributed by atoms with Gasteiger partial charge in [-0.1, -0.05) is 247 Å². The molecule has 0 saturated carbocycles. The molecule has 0 spiro atoms. The van der Waals surface area contributed by atoms with Gasteiger partial charge in [-0.3, -0.25) is 4.79 Å². The number of carbonyl (C=O) groups is 1. The highest BCUT2D eigenvalue weighted by atomic mass is 79.9. The van der Waals surface area contributed by atoms with Gasteiger partial charge in [-0.15, -0.1) is 0 Å². The molecule has 0 radical (unpaired) electrons. The number of carbonyl (C=O) groups excluding carboxylic acids is 1. The van der Waals surface area contributed by atoms with E-state index in [9.17, 15) is 4.79 Å². The van der Waals surface area contributed by atoms with Crippen molar-refractivity contribution in [3.05, 3.63) is 297 Å². The van der Waals surface area contributed by atoms with E-state index in [-0.39, 0.29) is 17.0 Å². The van der Waals surface area contributed by atoms with E-state index >= 15 is 0 Å². The van der Waals surface area contributed by atoms with Crippen LogP contribution >= 0.6 is 103 Å². The van der Waals surface area contributed by atoms with Gasteiger partial charge in [0.15, 0.2) is 0 Å². The summed E-state index contributed by atoms with van der Waals surface area (Å²) in [5, 5.41) is 4.26. The lowest BCUT2D eigenvalue weighted by molar-refractivity contribution is -0.0000186. The van der Waals surface area contributed by atoms with Crippen molar-refractivity contribution in [1.29, 1.82) is 0 Å². The molecule has 9 aromatic carbocycles. The Morgan fingerprint density at radius 2 is 0.507 bits per heavy atom. The fourth-order valence-electron chi connectivity index (χ4n) is 6.85. The average molecular weight is 1370 g/mol. The Hall–Kier alpha value is -4.08. The maximum absolute atomic E-state index is 10.1. The molecule has 9 aromatic rings. The third-order valence-corrected chi connectivity index (χ3v) is 17.9. The minimum absolute atomic E-state index is 0. The van der Waals surface area contributed by atoms with Crippen molar-refractivity contribution in [2.75, 3.05) is 0 Å². The lowest BCUT2D eigenvalue weighted by Gasteiger charge is -2.27. The molecule has 0 bridgehead atoms. The number of rotatable bonds is 10. The molecule has 1 nitrogen and oxygen atoms in total. The summed E-state index contributed by atoms with van der Waals surface area (Å²) in [6.45, 7) is 0. The first-order valence-electron chi connectivity index (χ1n) is 21.5. The van der Waals surface area contributed by atoms with Gasteiger partial charge >= 0.3 is 0 Å². The van der Waals surface area contributed by atoms with Crippen LogP contribution in [0, 0.1) is 0 Å². The second kappa shape index (κ2) is 29.9. The second-order valence-corrected chi connectivity index (χ2v) is 24.1. The molecule has 0 heterocycles. The zero-order valence-electron chi connectivity index (χ0n) is 37.1. The van der Waals surface area contributed by atoms with E-state index in [2.05, 4.69) is 284 Å². The minimum atomic E-state index is -1.81. The molecule has 9 rings (SSSR count). The van der Waals surface area contributed by atoms with Crippen LogP contribution in [0.5, 0.6) is 0 Å². The van der Waals surface area contributed by atoms with Gasteiger partial charge in [0.25, 0.3) is 0 Å². The molecular formula is C60H46Br7OP. The van der Waals surface area contributed by atoms with Crippen LogP contribution in [0.15, 0.2) is 263 Å². The molecule has 0 N–H and O–H groups in total. The van der Waals surface area contributed by atoms with Gasteiger partial charge in [-0.25, -0.2) is 0 Å². The van der Waals surface area contributed by atoms with Crippen molar-refractivity contribution in [3.8, 4) is 0 Å². The van der Waals surface area contributed by atoms with Crippen molar-refractivity contribution >= 4 is 149 Å². The highest BCUT2D eigenvalue weighted by molar-refractivity contribution is 9.11. The van der Waals surface area contributed by atoms with Crippen molar-refractivity contribution in [3.63, 3.8) is 0 Å². The quantitative estimate of drug-likeness (QED) is 0.0758. The molecule has 69 heavy (non-hydrogen) atoms. The first kappa shape index (κ1) is 55.8. The largest absolute Gasteiger partial charge is 1.00 e. The highest BCUT2D eigenvalue weighted by Gasteiger charge is 2.45. The molecule has 0 aliphatic heterocycles. The van der Waals surface area contributed by atoms with Crippen LogP contribution in [0.1, 0.15) is 38.2 Å². The summed E-state index contributed by atoms with van der Waals surface area (Å²) in [4.78, 5) is 10.1. The molecule has 346 valence electrons. The molecule has 9 heteroatoms. The summed E-state index contributed by atoms with van der Waals surface area (Å²) in [5.74, 6) is 0. The summed E-state index contributed by atoms with van der Waals surface area (Å²) < 4.78 is 6.53. The number of hydrogen-bond acceptors (Lipinski definition) is 1. The van der Waals surface area contributed by atoms with E-state index in [0.29, 0.717) is 5.56 Å². The minimum Gasteiger partial charge on any atom is -1.00 e. The third kappa shape index (κ3) is 18.6. The second-order valence-electron chi connectivity index (χ2n) is 15.1. The summed E-state index contributed by atoms with van der Waals surface area (Å²) in [5.41, 5.74) is 6.87. The van der Waals surface area contributed by atoms with E-state index in [4.69, 9.17) is 0 Å². The topological polar surface area (TPSA) is 17.1 Å². The van der Waals surface area contributed by atoms with Gasteiger partial charge < -0.3 is 17.0 Å². The standard InChI is InChI=1S/C25H21BrP.2C14H10Br2.C7H5BrO.BrH/c26-22-18-16-21(17-19-22)20-27(23-10-4-1-5-11-23,24-12-6-2-7-13-24)25-14-8-3-9-15-25;2*15-13-7-3-11(4-8-13)1-2-12-5-9-14(16)10-6-12;8-7-3-1-6(5-9)2-4-7;/h1-19H,20H2;2*1-10H;1-5H;1H/q+1;;;;/p-1/b;2-1+;2-1-;;. The van der Waals surface area contributed by atoms with Crippen molar-refractivity contribution in [1.82, 2.24) is 0 Å².